The number of aromatic nitrogens is 2. The maximum Gasteiger partial charge on any atom is 0.322 e. The lowest BCUT2D eigenvalue weighted by molar-refractivity contribution is 0.446. The van der Waals surface area contributed by atoms with Crippen molar-refractivity contribution in [2.24, 2.45) is 0 Å². The number of hydrogen-bond donors (Lipinski definition) is 1. The molecule has 0 bridgehead atoms. The van der Waals surface area contributed by atoms with Gasteiger partial charge in [0.1, 0.15) is 0 Å². The normalized spacial score (nSPS) is 10.4. The Morgan fingerprint density at radius 1 is 0.944 bits per heavy atom. The molecule has 0 aliphatic heterocycles. The van der Waals surface area contributed by atoms with Crippen LogP contribution in [0.1, 0.15) is 0 Å². The lowest BCUT2D eigenvalue weighted by Crippen LogP contribution is -1.95. The molecule has 0 atom stereocenters. The third kappa shape index (κ3) is 1.96. The first-order chi connectivity index (χ1) is 8.83. The number of hydrogen-bond acceptors (Lipinski definition) is 4. The molecule has 0 unspecified atom stereocenters. The molecule has 0 amide bonds. The summed E-state index contributed by atoms with van der Waals surface area (Å²) >= 11 is 0. The second-order valence-corrected chi connectivity index (χ2v) is 3.85. The van der Waals surface area contributed by atoms with Gasteiger partial charge in [0.2, 0.25) is 0 Å². The number of nitrogen functional groups attached to an aromatic ring is 1. The molecule has 0 saturated carbocycles. The van der Waals surface area contributed by atoms with Gasteiger partial charge < -0.3 is 10.5 Å². The summed E-state index contributed by atoms with van der Waals surface area (Å²) in [6.45, 7) is 0. The highest BCUT2D eigenvalue weighted by molar-refractivity contribution is 5.77. The fourth-order valence-corrected chi connectivity index (χ4v) is 1.68. The van der Waals surface area contributed by atoms with Crippen molar-refractivity contribution >= 4 is 16.6 Å². The van der Waals surface area contributed by atoms with Crippen LogP contribution in [0.25, 0.3) is 10.9 Å². The van der Waals surface area contributed by atoms with Crippen LogP contribution in [0.4, 0.5) is 5.69 Å². The third-order valence-corrected chi connectivity index (χ3v) is 2.59. The zero-order valence-electron chi connectivity index (χ0n) is 9.58. The molecule has 0 fully saturated rings. The van der Waals surface area contributed by atoms with E-state index in [4.69, 9.17) is 10.5 Å². The van der Waals surface area contributed by atoms with E-state index >= 15 is 0 Å². The lowest BCUT2D eigenvalue weighted by Gasteiger charge is -2.06. The molecular formula is C14H11N3O. The standard InChI is InChI=1S/C14H11N3O/c15-11-6-2-4-8-13(11)18-14-16-9-10-5-1-3-7-12(10)17-14/h1-9H,15H2. The van der Waals surface area contributed by atoms with Crippen LogP contribution in [0.2, 0.25) is 0 Å². The summed E-state index contributed by atoms with van der Waals surface area (Å²) in [6.07, 6.45) is 1.73. The Morgan fingerprint density at radius 3 is 2.61 bits per heavy atom. The molecule has 0 aliphatic carbocycles. The van der Waals surface area contributed by atoms with Gasteiger partial charge in [-0.1, -0.05) is 30.3 Å². The van der Waals surface area contributed by atoms with Crippen LogP contribution in [0, 0.1) is 0 Å². The van der Waals surface area contributed by atoms with Crippen molar-refractivity contribution in [1.82, 2.24) is 9.97 Å². The largest absolute Gasteiger partial charge is 0.422 e. The molecule has 0 spiro atoms. The zero-order chi connectivity index (χ0) is 12.4. The van der Waals surface area contributed by atoms with Crippen molar-refractivity contribution < 1.29 is 4.74 Å². The zero-order valence-corrected chi connectivity index (χ0v) is 9.58. The summed E-state index contributed by atoms with van der Waals surface area (Å²) < 4.78 is 5.57. The number of ether oxygens (including phenoxy) is 1. The molecule has 2 N–H and O–H groups in total. The van der Waals surface area contributed by atoms with Crippen LogP contribution in [0.5, 0.6) is 11.8 Å². The maximum absolute atomic E-state index is 5.80. The van der Waals surface area contributed by atoms with Crippen LogP contribution in [0.3, 0.4) is 0 Å². The van der Waals surface area contributed by atoms with E-state index in [9.17, 15) is 0 Å². The monoisotopic (exact) mass is 237 g/mol. The van der Waals surface area contributed by atoms with E-state index in [2.05, 4.69) is 9.97 Å². The van der Waals surface area contributed by atoms with Gasteiger partial charge in [-0.15, -0.1) is 0 Å². The van der Waals surface area contributed by atoms with E-state index in [1.165, 1.54) is 0 Å². The lowest BCUT2D eigenvalue weighted by atomic mass is 10.2. The molecule has 4 heteroatoms. The predicted octanol–water partition coefficient (Wildman–Crippen LogP) is 3.00. The topological polar surface area (TPSA) is 61.0 Å². The number of benzene rings is 2. The Labute approximate surface area is 104 Å². The van der Waals surface area contributed by atoms with E-state index < -0.39 is 0 Å². The van der Waals surface area contributed by atoms with Crippen molar-refractivity contribution in [3.63, 3.8) is 0 Å². The molecular weight excluding hydrogens is 226 g/mol. The number of anilines is 1. The summed E-state index contributed by atoms with van der Waals surface area (Å²) in [5, 5.41) is 0.978. The maximum atomic E-state index is 5.80. The van der Waals surface area contributed by atoms with Gasteiger partial charge in [0, 0.05) is 11.6 Å². The molecule has 3 rings (SSSR count). The molecule has 0 saturated heterocycles. The molecule has 88 valence electrons. The number of fused-ring (bicyclic) bond motifs is 1. The molecule has 1 heterocycles. The van der Waals surface area contributed by atoms with Crippen LogP contribution >= 0.6 is 0 Å². The molecule has 1 aromatic heterocycles. The molecule has 2 aromatic carbocycles. The molecule has 4 nitrogen and oxygen atoms in total. The predicted molar refractivity (Wildman–Crippen MR) is 70.5 cm³/mol. The fourth-order valence-electron chi connectivity index (χ4n) is 1.68. The molecule has 0 aliphatic rings. The summed E-state index contributed by atoms with van der Waals surface area (Å²) in [7, 11) is 0. The Morgan fingerprint density at radius 2 is 1.72 bits per heavy atom. The van der Waals surface area contributed by atoms with Gasteiger partial charge in [-0.05, 0) is 18.2 Å². The van der Waals surface area contributed by atoms with E-state index in [1.54, 1.807) is 18.3 Å². The van der Waals surface area contributed by atoms with Crippen LogP contribution in [-0.4, -0.2) is 9.97 Å². The van der Waals surface area contributed by atoms with Crippen molar-refractivity contribution in [2.45, 2.75) is 0 Å². The highest BCUT2D eigenvalue weighted by atomic mass is 16.5. The van der Waals surface area contributed by atoms with Gasteiger partial charge in [-0.3, -0.25) is 0 Å². The van der Waals surface area contributed by atoms with E-state index in [0.717, 1.165) is 10.9 Å². The molecule has 18 heavy (non-hydrogen) atoms. The van der Waals surface area contributed by atoms with Gasteiger partial charge in [0.05, 0.1) is 11.2 Å². The van der Waals surface area contributed by atoms with E-state index in [-0.39, 0.29) is 0 Å². The van der Waals surface area contributed by atoms with E-state index in [0.29, 0.717) is 17.4 Å². The third-order valence-electron chi connectivity index (χ3n) is 2.59. The fraction of sp³-hybridized carbons (Fsp3) is 0. The van der Waals surface area contributed by atoms with Crippen molar-refractivity contribution in [3.05, 3.63) is 54.7 Å². The van der Waals surface area contributed by atoms with Crippen LogP contribution in [-0.2, 0) is 0 Å². The smallest absolute Gasteiger partial charge is 0.322 e. The highest BCUT2D eigenvalue weighted by Gasteiger charge is 2.04. The second kappa shape index (κ2) is 4.33. The average molecular weight is 237 g/mol. The summed E-state index contributed by atoms with van der Waals surface area (Å²) in [5.74, 6) is 0.563. The number of nitrogens with two attached hydrogens (primary N) is 1. The minimum atomic E-state index is 0.298. The number of rotatable bonds is 2. The Kier molecular flexibility index (Phi) is 2.53. The Bertz CT molecular complexity index is 697. The summed E-state index contributed by atoms with van der Waals surface area (Å²) in [6, 6.07) is 15.3. The van der Waals surface area contributed by atoms with Crippen molar-refractivity contribution in [2.75, 3.05) is 5.73 Å². The van der Waals surface area contributed by atoms with Gasteiger partial charge in [0.25, 0.3) is 0 Å². The summed E-state index contributed by atoms with van der Waals surface area (Å²) in [5.41, 5.74) is 7.21. The van der Waals surface area contributed by atoms with Gasteiger partial charge in [-0.2, -0.15) is 4.98 Å². The quantitative estimate of drug-likeness (QED) is 0.696. The van der Waals surface area contributed by atoms with E-state index in [1.807, 2.05) is 36.4 Å². The first-order valence-electron chi connectivity index (χ1n) is 5.57. The number of para-hydroxylation sites is 3. The first kappa shape index (κ1) is 10.5. The highest BCUT2D eigenvalue weighted by Crippen LogP contribution is 2.25. The molecule has 3 aromatic rings. The van der Waals surface area contributed by atoms with Gasteiger partial charge in [0.15, 0.2) is 5.75 Å². The van der Waals surface area contributed by atoms with Crippen molar-refractivity contribution in [3.8, 4) is 11.8 Å². The first-order valence-corrected chi connectivity index (χ1v) is 5.57. The minimum absolute atomic E-state index is 0.298. The minimum Gasteiger partial charge on any atom is -0.422 e. The van der Waals surface area contributed by atoms with Crippen LogP contribution < -0.4 is 10.5 Å². The Balaban J connectivity index is 1.98. The van der Waals surface area contributed by atoms with Crippen molar-refractivity contribution in [1.29, 1.82) is 0 Å². The average Bonchev–Trinajstić information content (AvgIpc) is 2.41. The Hall–Kier alpha value is -2.62. The van der Waals surface area contributed by atoms with Gasteiger partial charge >= 0.3 is 6.01 Å². The SMILES string of the molecule is Nc1ccccc1Oc1ncc2ccccc2n1. The van der Waals surface area contributed by atoms with Gasteiger partial charge in [-0.25, -0.2) is 4.98 Å². The summed E-state index contributed by atoms with van der Waals surface area (Å²) in [4.78, 5) is 8.48. The molecule has 0 radical (unpaired) electrons. The second-order valence-electron chi connectivity index (χ2n) is 3.85. The number of nitrogens with zero attached hydrogens (tertiary/aromatic N) is 2. The van der Waals surface area contributed by atoms with Crippen LogP contribution in [0.15, 0.2) is 54.7 Å².